The van der Waals surface area contributed by atoms with Crippen molar-refractivity contribution in [2.75, 3.05) is 13.7 Å². The highest BCUT2D eigenvalue weighted by atomic mass is 16.5. The van der Waals surface area contributed by atoms with Gasteiger partial charge in [0.1, 0.15) is 11.8 Å². The van der Waals surface area contributed by atoms with Crippen molar-refractivity contribution in [2.45, 2.75) is 44.2 Å². The van der Waals surface area contributed by atoms with E-state index in [0.29, 0.717) is 0 Å². The number of carboxylic acid groups (broad SMARTS) is 1. The summed E-state index contributed by atoms with van der Waals surface area (Å²) in [5.41, 5.74) is 2.60. The number of benzene rings is 1. The molecule has 2 unspecified atom stereocenters. The van der Waals surface area contributed by atoms with Gasteiger partial charge in [-0.3, -0.25) is 9.69 Å². The smallest absolute Gasteiger partial charge is 0.320 e. The van der Waals surface area contributed by atoms with Crippen molar-refractivity contribution in [3.8, 4) is 5.75 Å². The third kappa shape index (κ3) is 2.29. The van der Waals surface area contributed by atoms with Gasteiger partial charge in [0.15, 0.2) is 0 Å². The molecule has 1 fully saturated rings. The Morgan fingerprint density at radius 3 is 2.95 bits per heavy atom. The van der Waals surface area contributed by atoms with Gasteiger partial charge in [-0.2, -0.15) is 0 Å². The third-order valence-electron chi connectivity index (χ3n) is 4.63. The van der Waals surface area contributed by atoms with E-state index in [-0.39, 0.29) is 12.1 Å². The fourth-order valence-corrected chi connectivity index (χ4v) is 3.62. The van der Waals surface area contributed by atoms with Gasteiger partial charge < -0.3 is 9.84 Å². The van der Waals surface area contributed by atoms with Crippen LogP contribution in [-0.4, -0.2) is 35.7 Å². The van der Waals surface area contributed by atoms with Gasteiger partial charge in [0.05, 0.1) is 7.11 Å². The van der Waals surface area contributed by atoms with Crippen LogP contribution < -0.4 is 4.74 Å². The van der Waals surface area contributed by atoms with Gasteiger partial charge in [0.25, 0.3) is 0 Å². The summed E-state index contributed by atoms with van der Waals surface area (Å²) in [5.74, 6) is 0.181. The summed E-state index contributed by atoms with van der Waals surface area (Å²) in [6.07, 6.45) is 4.94. The van der Waals surface area contributed by atoms with Crippen LogP contribution >= 0.6 is 0 Å². The lowest BCUT2D eigenvalue weighted by Crippen LogP contribution is -2.46. The van der Waals surface area contributed by atoms with Crippen LogP contribution in [0.3, 0.4) is 0 Å². The second kappa shape index (κ2) is 5.44. The highest BCUT2D eigenvalue weighted by Crippen LogP contribution is 2.40. The van der Waals surface area contributed by atoms with Crippen LogP contribution in [0, 0.1) is 0 Å². The van der Waals surface area contributed by atoms with E-state index < -0.39 is 5.97 Å². The summed E-state index contributed by atoms with van der Waals surface area (Å²) >= 11 is 0. The van der Waals surface area contributed by atoms with Crippen molar-refractivity contribution in [1.82, 2.24) is 4.90 Å². The average Bonchev–Trinajstić information content (AvgIpc) is 2.89. The molecule has 4 heteroatoms. The first-order valence-electron chi connectivity index (χ1n) is 7.36. The van der Waals surface area contributed by atoms with E-state index in [9.17, 15) is 9.90 Å². The Balaban J connectivity index is 1.90. The minimum absolute atomic E-state index is 0.237. The average molecular weight is 275 g/mol. The van der Waals surface area contributed by atoms with E-state index in [1.807, 2.05) is 6.07 Å². The number of carboxylic acids is 1. The van der Waals surface area contributed by atoms with Gasteiger partial charge in [-0.25, -0.2) is 0 Å². The zero-order valence-corrected chi connectivity index (χ0v) is 11.8. The maximum absolute atomic E-state index is 11.5. The van der Waals surface area contributed by atoms with Crippen LogP contribution in [0.2, 0.25) is 0 Å². The second-order valence-corrected chi connectivity index (χ2v) is 5.71. The Morgan fingerprint density at radius 2 is 2.20 bits per heavy atom. The molecule has 1 aliphatic heterocycles. The highest BCUT2D eigenvalue weighted by Gasteiger charge is 2.37. The van der Waals surface area contributed by atoms with Crippen LogP contribution in [0.4, 0.5) is 0 Å². The van der Waals surface area contributed by atoms with Crippen molar-refractivity contribution in [1.29, 1.82) is 0 Å². The fraction of sp³-hybridized carbons (Fsp3) is 0.562. The van der Waals surface area contributed by atoms with Crippen molar-refractivity contribution in [2.24, 2.45) is 0 Å². The van der Waals surface area contributed by atoms with Crippen LogP contribution in [-0.2, 0) is 11.2 Å². The molecule has 20 heavy (non-hydrogen) atoms. The molecule has 0 aromatic heterocycles. The van der Waals surface area contributed by atoms with Crippen molar-refractivity contribution >= 4 is 5.97 Å². The first-order chi connectivity index (χ1) is 9.70. The van der Waals surface area contributed by atoms with E-state index >= 15 is 0 Å². The molecule has 2 atom stereocenters. The minimum atomic E-state index is -0.680. The summed E-state index contributed by atoms with van der Waals surface area (Å²) in [6, 6.07) is 6.10. The second-order valence-electron chi connectivity index (χ2n) is 5.71. The lowest BCUT2D eigenvalue weighted by molar-refractivity contribution is -0.145. The third-order valence-corrected chi connectivity index (χ3v) is 4.63. The molecule has 0 bridgehead atoms. The molecular weight excluding hydrogens is 254 g/mol. The topological polar surface area (TPSA) is 49.8 Å². The Kier molecular flexibility index (Phi) is 3.66. The number of carbonyl (C=O) groups is 1. The van der Waals surface area contributed by atoms with Gasteiger partial charge in [-0.1, -0.05) is 12.5 Å². The largest absolute Gasteiger partial charge is 0.497 e. The summed E-state index contributed by atoms with van der Waals surface area (Å²) in [5, 5.41) is 9.45. The Morgan fingerprint density at radius 1 is 1.35 bits per heavy atom. The molecule has 4 nitrogen and oxygen atoms in total. The molecule has 0 spiro atoms. The molecule has 0 saturated carbocycles. The number of hydrogen-bond donors (Lipinski definition) is 1. The molecule has 108 valence electrons. The standard InChI is InChI=1S/C16H21NO3/c1-20-12-7-5-11-6-8-14(13(11)10-12)17-9-3-2-4-15(17)16(18)19/h5,7,10,14-15H,2-4,6,8-9H2,1H3,(H,18,19). The van der Waals surface area contributed by atoms with E-state index in [1.54, 1.807) is 7.11 Å². The first kappa shape index (κ1) is 13.4. The van der Waals surface area contributed by atoms with Crippen LogP contribution in [0.1, 0.15) is 42.9 Å². The zero-order valence-electron chi connectivity index (χ0n) is 11.8. The van der Waals surface area contributed by atoms with Crippen molar-refractivity contribution < 1.29 is 14.6 Å². The number of hydrogen-bond acceptors (Lipinski definition) is 3. The molecule has 2 aliphatic rings. The van der Waals surface area contributed by atoms with Gasteiger partial charge in [0, 0.05) is 6.04 Å². The number of methoxy groups -OCH3 is 1. The van der Waals surface area contributed by atoms with Crippen LogP contribution in [0.25, 0.3) is 0 Å². The maximum atomic E-state index is 11.5. The molecular formula is C16H21NO3. The lowest BCUT2D eigenvalue weighted by atomic mass is 9.97. The van der Waals surface area contributed by atoms with Crippen LogP contribution in [0.5, 0.6) is 5.75 Å². The summed E-state index contributed by atoms with van der Waals surface area (Å²) < 4.78 is 5.31. The lowest BCUT2D eigenvalue weighted by Gasteiger charge is -2.37. The summed E-state index contributed by atoms with van der Waals surface area (Å²) in [7, 11) is 1.67. The molecule has 0 amide bonds. The van der Waals surface area contributed by atoms with Crippen molar-refractivity contribution in [3.63, 3.8) is 0 Å². The van der Waals surface area contributed by atoms with Crippen molar-refractivity contribution in [3.05, 3.63) is 29.3 Å². The van der Waals surface area contributed by atoms with Crippen LogP contribution in [0.15, 0.2) is 18.2 Å². The Labute approximate surface area is 119 Å². The number of aryl methyl sites for hydroxylation is 1. The number of likely N-dealkylation sites (tertiary alicyclic amines) is 1. The SMILES string of the molecule is COc1ccc2c(c1)C(N1CCCCC1C(=O)O)CC2. The predicted molar refractivity (Wildman–Crippen MR) is 76.0 cm³/mol. The summed E-state index contributed by atoms with van der Waals surface area (Å²) in [4.78, 5) is 13.7. The maximum Gasteiger partial charge on any atom is 0.320 e. The molecule has 1 heterocycles. The molecule has 0 radical (unpaired) electrons. The number of fused-ring (bicyclic) bond motifs is 1. The van der Waals surface area contributed by atoms with Gasteiger partial charge in [-0.05, 0) is 55.5 Å². The molecule has 1 aliphatic carbocycles. The quantitative estimate of drug-likeness (QED) is 0.921. The number of piperidine rings is 1. The zero-order chi connectivity index (χ0) is 14.1. The number of aliphatic carboxylic acids is 1. The number of rotatable bonds is 3. The van der Waals surface area contributed by atoms with E-state index in [0.717, 1.165) is 44.4 Å². The molecule has 3 rings (SSSR count). The molecule has 1 N–H and O–H groups in total. The predicted octanol–water partition coefficient (Wildman–Crippen LogP) is 2.62. The normalized spacial score (nSPS) is 26.2. The van der Waals surface area contributed by atoms with Gasteiger partial charge in [0.2, 0.25) is 0 Å². The Hall–Kier alpha value is -1.55. The number of nitrogens with zero attached hydrogens (tertiary/aromatic N) is 1. The van der Waals surface area contributed by atoms with E-state index in [4.69, 9.17) is 4.74 Å². The molecule has 1 saturated heterocycles. The summed E-state index contributed by atoms with van der Waals surface area (Å²) in [6.45, 7) is 0.887. The van der Waals surface area contributed by atoms with Gasteiger partial charge >= 0.3 is 5.97 Å². The van der Waals surface area contributed by atoms with Gasteiger partial charge in [-0.15, -0.1) is 0 Å². The minimum Gasteiger partial charge on any atom is -0.497 e. The van der Waals surface area contributed by atoms with E-state index in [1.165, 1.54) is 11.1 Å². The number of ether oxygens (including phenoxy) is 1. The first-order valence-corrected chi connectivity index (χ1v) is 7.36. The Bertz CT molecular complexity index is 514. The monoisotopic (exact) mass is 275 g/mol. The fourth-order valence-electron chi connectivity index (χ4n) is 3.62. The molecule has 1 aromatic rings. The molecule has 1 aromatic carbocycles. The highest BCUT2D eigenvalue weighted by molar-refractivity contribution is 5.73. The van der Waals surface area contributed by atoms with E-state index in [2.05, 4.69) is 17.0 Å².